The summed E-state index contributed by atoms with van der Waals surface area (Å²) < 4.78 is 0. The summed E-state index contributed by atoms with van der Waals surface area (Å²) in [5.74, 6) is 0.909. The third-order valence-corrected chi connectivity index (χ3v) is 4.38. The predicted octanol–water partition coefficient (Wildman–Crippen LogP) is 2.02. The first-order chi connectivity index (χ1) is 9.66. The summed E-state index contributed by atoms with van der Waals surface area (Å²) in [6.45, 7) is 4.00. The number of aromatic nitrogens is 1. The van der Waals surface area contributed by atoms with E-state index < -0.39 is 0 Å². The lowest BCUT2D eigenvalue weighted by Crippen LogP contribution is -2.44. The first-order valence-electron chi connectivity index (χ1n) is 7.28. The second-order valence-electron chi connectivity index (χ2n) is 5.70. The van der Waals surface area contributed by atoms with E-state index in [1.807, 2.05) is 6.92 Å². The van der Waals surface area contributed by atoms with Gasteiger partial charge in [0.05, 0.1) is 4.92 Å². The summed E-state index contributed by atoms with van der Waals surface area (Å²) in [6.07, 6.45) is 6.17. The number of pyridine rings is 1. The molecule has 2 atom stereocenters. The van der Waals surface area contributed by atoms with E-state index in [2.05, 4.69) is 15.2 Å². The molecule has 6 heteroatoms. The molecule has 0 spiro atoms. The largest absolute Gasteiger partial charge is 0.352 e. The number of aryl methyl sites for hydroxylation is 1. The van der Waals surface area contributed by atoms with Crippen molar-refractivity contribution in [1.82, 2.24) is 10.3 Å². The molecule has 20 heavy (non-hydrogen) atoms. The van der Waals surface area contributed by atoms with Gasteiger partial charge in [-0.25, -0.2) is 4.98 Å². The standard InChI is InChI=1S/C14H20N4O2/c1-10-8-11(18(19)20)9-16-14(10)17-7-3-5-13(17)12-4-2-6-15-12/h8-9,12-13,15H,2-7H2,1H3. The lowest BCUT2D eigenvalue weighted by molar-refractivity contribution is -0.385. The number of rotatable bonds is 3. The topological polar surface area (TPSA) is 71.3 Å². The lowest BCUT2D eigenvalue weighted by Gasteiger charge is -2.31. The molecular weight excluding hydrogens is 256 g/mol. The van der Waals surface area contributed by atoms with Crippen molar-refractivity contribution in [1.29, 1.82) is 0 Å². The summed E-state index contributed by atoms with van der Waals surface area (Å²) >= 11 is 0. The summed E-state index contributed by atoms with van der Waals surface area (Å²) in [4.78, 5) is 17.1. The first-order valence-corrected chi connectivity index (χ1v) is 7.28. The van der Waals surface area contributed by atoms with Crippen LogP contribution in [0.15, 0.2) is 12.3 Å². The number of nitrogens with zero attached hydrogens (tertiary/aromatic N) is 3. The number of nitrogens with one attached hydrogen (secondary N) is 1. The molecule has 3 heterocycles. The summed E-state index contributed by atoms with van der Waals surface area (Å²) in [5.41, 5.74) is 0.963. The fraction of sp³-hybridized carbons (Fsp3) is 0.643. The van der Waals surface area contributed by atoms with Crippen molar-refractivity contribution in [2.45, 2.75) is 44.7 Å². The highest BCUT2D eigenvalue weighted by atomic mass is 16.6. The van der Waals surface area contributed by atoms with E-state index in [1.54, 1.807) is 6.07 Å². The Morgan fingerprint density at radius 3 is 2.95 bits per heavy atom. The van der Waals surface area contributed by atoms with E-state index in [0.29, 0.717) is 12.1 Å². The van der Waals surface area contributed by atoms with E-state index in [0.717, 1.165) is 24.5 Å². The average Bonchev–Trinajstić information content (AvgIpc) is 3.09. The van der Waals surface area contributed by atoms with Gasteiger partial charge in [-0.2, -0.15) is 0 Å². The van der Waals surface area contributed by atoms with Gasteiger partial charge in [0.25, 0.3) is 5.69 Å². The van der Waals surface area contributed by atoms with Crippen molar-refractivity contribution in [3.8, 4) is 0 Å². The highest BCUT2D eigenvalue weighted by Gasteiger charge is 2.34. The molecule has 1 N–H and O–H groups in total. The highest BCUT2D eigenvalue weighted by molar-refractivity contribution is 5.52. The molecule has 6 nitrogen and oxygen atoms in total. The van der Waals surface area contributed by atoms with Crippen LogP contribution in [0.3, 0.4) is 0 Å². The second kappa shape index (κ2) is 5.36. The average molecular weight is 276 g/mol. The molecule has 2 unspecified atom stereocenters. The molecule has 0 aromatic carbocycles. The van der Waals surface area contributed by atoms with Gasteiger partial charge in [-0.05, 0) is 44.7 Å². The lowest BCUT2D eigenvalue weighted by atomic mass is 10.0. The van der Waals surface area contributed by atoms with Crippen LogP contribution in [-0.2, 0) is 0 Å². The Balaban J connectivity index is 1.85. The first kappa shape index (κ1) is 13.3. The van der Waals surface area contributed by atoms with E-state index in [1.165, 1.54) is 31.9 Å². The van der Waals surface area contributed by atoms with E-state index in [4.69, 9.17) is 0 Å². The number of hydrogen-bond acceptors (Lipinski definition) is 5. The van der Waals surface area contributed by atoms with Gasteiger partial charge < -0.3 is 10.2 Å². The van der Waals surface area contributed by atoms with Crippen LogP contribution in [0.2, 0.25) is 0 Å². The fourth-order valence-electron chi connectivity index (χ4n) is 3.47. The van der Waals surface area contributed by atoms with E-state index >= 15 is 0 Å². The second-order valence-corrected chi connectivity index (χ2v) is 5.70. The Hall–Kier alpha value is -1.69. The third-order valence-electron chi connectivity index (χ3n) is 4.38. The van der Waals surface area contributed by atoms with Crippen LogP contribution in [-0.4, -0.2) is 35.1 Å². The van der Waals surface area contributed by atoms with Crippen LogP contribution in [0.1, 0.15) is 31.2 Å². The minimum atomic E-state index is -0.385. The Morgan fingerprint density at radius 1 is 1.45 bits per heavy atom. The van der Waals surface area contributed by atoms with Crippen molar-refractivity contribution in [3.63, 3.8) is 0 Å². The minimum absolute atomic E-state index is 0.0704. The van der Waals surface area contributed by atoms with Gasteiger partial charge >= 0.3 is 0 Å². The fourth-order valence-corrected chi connectivity index (χ4v) is 3.47. The molecule has 1 aromatic heterocycles. The van der Waals surface area contributed by atoms with Gasteiger partial charge in [-0.1, -0.05) is 0 Å². The van der Waals surface area contributed by atoms with Gasteiger partial charge in [0.2, 0.25) is 0 Å². The van der Waals surface area contributed by atoms with Crippen molar-refractivity contribution >= 4 is 11.5 Å². The molecule has 0 amide bonds. The number of hydrogen-bond donors (Lipinski definition) is 1. The van der Waals surface area contributed by atoms with Crippen LogP contribution in [0.5, 0.6) is 0 Å². The molecule has 2 saturated heterocycles. The molecule has 1 aromatic rings. The molecule has 2 aliphatic rings. The monoisotopic (exact) mass is 276 g/mol. The molecule has 0 bridgehead atoms. The number of nitro groups is 1. The summed E-state index contributed by atoms with van der Waals surface area (Å²) in [5, 5.41) is 14.4. The van der Waals surface area contributed by atoms with Gasteiger partial charge in [-0.3, -0.25) is 10.1 Å². The Morgan fingerprint density at radius 2 is 2.30 bits per heavy atom. The molecular formula is C14H20N4O2. The Bertz CT molecular complexity index is 514. The van der Waals surface area contributed by atoms with Gasteiger partial charge in [0, 0.05) is 24.7 Å². The smallest absolute Gasteiger partial charge is 0.287 e. The quantitative estimate of drug-likeness (QED) is 0.675. The van der Waals surface area contributed by atoms with Crippen molar-refractivity contribution in [3.05, 3.63) is 27.9 Å². The zero-order valence-electron chi connectivity index (χ0n) is 11.7. The molecule has 0 saturated carbocycles. The Kier molecular flexibility index (Phi) is 3.56. The van der Waals surface area contributed by atoms with Crippen LogP contribution in [0.25, 0.3) is 0 Å². The molecule has 0 aliphatic carbocycles. The van der Waals surface area contributed by atoms with Crippen molar-refractivity contribution in [2.24, 2.45) is 0 Å². The van der Waals surface area contributed by atoms with Gasteiger partial charge in [-0.15, -0.1) is 0 Å². The summed E-state index contributed by atoms with van der Waals surface area (Å²) in [7, 11) is 0. The third kappa shape index (κ3) is 2.35. The molecule has 108 valence electrons. The highest BCUT2D eigenvalue weighted by Crippen LogP contribution is 2.31. The predicted molar refractivity (Wildman–Crippen MR) is 77.0 cm³/mol. The van der Waals surface area contributed by atoms with Crippen LogP contribution < -0.4 is 10.2 Å². The maximum atomic E-state index is 10.8. The summed E-state index contributed by atoms with van der Waals surface area (Å²) in [6, 6.07) is 2.64. The maximum absolute atomic E-state index is 10.8. The van der Waals surface area contributed by atoms with Crippen molar-refractivity contribution in [2.75, 3.05) is 18.0 Å². The van der Waals surface area contributed by atoms with Gasteiger partial charge in [0.1, 0.15) is 12.0 Å². The van der Waals surface area contributed by atoms with E-state index in [9.17, 15) is 10.1 Å². The zero-order chi connectivity index (χ0) is 14.1. The van der Waals surface area contributed by atoms with Crippen LogP contribution in [0.4, 0.5) is 11.5 Å². The van der Waals surface area contributed by atoms with Crippen LogP contribution >= 0.6 is 0 Å². The molecule has 2 aliphatic heterocycles. The van der Waals surface area contributed by atoms with E-state index in [-0.39, 0.29) is 10.6 Å². The SMILES string of the molecule is Cc1cc([N+](=O)[O-])cnc1N1CCCC1C1CCCN1. The van der Waals surface area contributed by atoms with Gasteiger partial charge in [0.15, 0.2) is 0 Å². The Labute approximate surface area is 118 Å². The maximum Gasteiger partial charge on any atom is 0.287 e. The molecule has 2 fully saturated rings. The normalized spacial score (nSPS) is 26.1. The molecule has 3 rings (SSSR count). The van der Waals surface area contributed by atoms with Crippen molar-refractivity contribution < 1.29 is 4.92 Å². The zero-order valence-corrected chi connectivity index (χ0v) is 11.7. The number of anilines is 1. The minimum Gasteiger partial charge on any atom is -0.352 e. The van der Waals surface area contributed by atoms with Crippen LogP contribution in [0, 0.1) is 17.0 Å². The molecule has 0 radical (unpaired) electrons.